The van der Waals surface area contributed by atoms with Gasteiger partial charge in [-0.2, -0.15) is 5.10 Å². The molecule has 0 aliphatic carbocycles. The van der Waals surface area contributed by atoms with Crippen LogP contribution in [0.3, 0.4) is 0 Å². The minimum absolute atomic E-state index is 0.383. The highest BCUT2D eigenvalue weighted by Gasteiger charge is 2.14. The first-order valence-corrected chi connectivity index (χ1v) is 10.2. The van der Waals surface area contributed by atoms with Gasteiger partial charge in [0.2, 0.25) is 0 Å². The number of nitrogens with zero attached hydrogens (tertiary/aromatic N) is 4. The zero-order valence-corrected chi connectivity index (χ0v) is 17.0. The van der Waals surface area contributed by atoms with E-state index in [1.165, 1.54) is 4.88 Å². The molecule has 0 radical (unpaired) electrons. The molecule has 0 aliphatic rings. The van der Waals surface area contributed by atoms with Crippen molar-refractivity contribution in [3.8, 4) is 11.3 Å². The summed E-state index contributed by atoms with van der Waals surface area (Å²) in [4.78, 5) is 13.6. The second-order valence-corrected chi connectivity index (χ2v) is 8.29. The van der Waals surface area contributed by atoms with Gasteiger partial charge in [0.25, 0.3) is 0 Å². The van der Waals surface area contributed by atoms with Gasteiger partial charge >= 0.3 is 0 Å². The van der Waals surface area contributed by atoms with Crippen LogP contribution in [0.4, 0.5) is 5.69 Å². The molecule has 28 heavy (non-hydrogen) atoms. The van der Waals surface area contributed by atoms with Crippen molar-refractivity contribution in [1.29, 1.82) is 0 Å². The summed E-state index contributed by atoms with van der Waals surface area (Å²) in [6.45, 7) is 2.55. The highest BCUT2D eigenvalue weighted by Crippen LogP contribution is 2.29. The minimum atomic E-state index is 0.383. The average molecular weight is 429 g/mol. The van der Waals surface area contributed by atoms with Crippen molar-refractivity contribution in [3.05, 3.63) is 62.8 Å². The Labute approximate surface area is 174 Å². The zero-order chi connectivity index (χ0) is 19.3. The normalized spacial score (nSPS) is 11.5. The van der Waals surface area contributed by atoms with Crippen LogP contribution in [-0.4, -0.2) is 24.6 Å². The number of para-hydroxylation sites is 1. The third-order valence-corrected chi connectivity index (χ3v) is 5.77. The number of imidazole rings is 2. The molecular formula is C19H14Cl2N6S. The number of aromatic amines is 1. The van der Waals surface area contributed by atoms with Crippen LogP contribution in [0, 0.1) is 6.92 Å². The summed E-state index contributed by atoms with van der Waals surface area (Å²) in [6.07, 6.45) is 1.81. The quantitative estimate of drug-likeness (QED) is 0.392. The molecule has 0 atom stereocenters. The van der Waals surface area contributed by atoms with E-state index in [0.29, 0.717) is 22.4 Å². The Bertz CT molecular complexity index is 1320. The third-order valence-electron chi connectivity index (χ3n) is 4.42. The topological polar surface area (TPSA) is 70.9 Å². The predicted octanol–water partition coefficient (Wildman–Crippen LogP) is 5.56. The second-order valence-electron chi connectivity index (χ2n) is 6.38. The van der Waals surface area contributed by atoms with Crippen molar-refractivity contribution in [2.45, 2.75) is 13.5 Å². The molecule has 5 aromatic rings. The number of thiophene rings is 1. The standard InChI is InChI=1S/C19H14Cl2N6S/c1-10-5-11(9-28-10)15-7-23-19-14(6-16(21)26-27(15)19)22-8-17-24-13-4-2-3-12(20)18(13)25-17/h2-7,9,22H,8H2,1H3,(H,24,25). The fourth-order valence-electron chi connectivity index (χ4n) is 3.15. The highest BCUT2D eigenvalue weighted by atomic mass is 35.5. The summed E-state index contributed by atoms with van der Waals surface area (Å²) < 4.78 is 1.77. The van der Waals surface area contributed by atoms with Gasteiger partial charge in [-0.25, -0.2) is 14.5 Å². The number of nitrogens with one attached hydrogen (secondary N) is 2. The molecule has 0 aliphatic heterocycles. The van der Waals surface area contributed by atoms with E-state index in [2.05, 4.69) is 43.7 Å². The van der Waals surface area contributed by atoms with Crippen molar-refractivity contribution in [1.82, 2.24) is 24.6 Å². The fourth-order valence-corrected chi connectivity index (χ4v) is 4.25. The van der Waals surface area contributed by atoms with E-state index >= 15 is 0 Å². The molecule has 4 heterocycles. The molecule has 0 fully saturated rings. The van der Waals surface area contributed by atoms with Crippen molar-refractivity contribution in [2.75, 3.05) is 5.32 Å². The van der Waals surface area contributed by atoms with Crippen LogP contribution in [0.5, 0.6) is 0 Å². The van der Waals surface area contributed by atoms with Gasteiger partial charge < -0.3 is 10.3 Å². The number of rotatable bonds is 4. The molecule has 0 bridgehead atoms. The maximum atomic E-state index is 6.27. The molecule has 140 valence electrons. The lowest BCUT2D eigenvalue weighted by Crippen LogP contribution is -2.05. The summed E-state index contributed by atoms with van der Waals surface area (Å²) in [5.74, 6) is 0.773. The third kappa shape index (κ3) is 3.01. The number of anilines is 1. The Morgan fingerprint density at radius 2 is 2.14 bits per heavy atom. The lowest BCUT2D eigenvalue weighted by molar-refractivity contribution is 0.936. The monoisotopic (exact) mass is 428 g/mol. The first-order valence-electron chi connectivity index (χ1n) is 8.55. The van der Waals surface area contributed by atoms with E-state index in [9.17, 15) is 0 Å². The summed E-state index contributed by atoms with van der Waals surface area (Å²) in [5.41, 5.74) is 5.12. The molecule has 6 nitrogen and oxygen atoms in total. The van der Waals surface area contributed by atoms with Crippen LogP contribution < -0.4 is 5.32 Å². The SMILES string of the molecule is Cc1cc(-c2cnc3c(NCc4nc5c(Cl)cccc5[nH]4)cc(Cl)nn23)cs1. The van der Waals surface area contributed by atoms with Crippen LogP contribution in [0.15, 0.2) is 41.9 Å². The van der Waals surface area contributed by atoms with Gasteiger partial charge in [0.15, 0.2) is 10.8 Å². The van der Waals surface area contributed by atoms with E-state index in [4.69, 9.17) is 23.2 Å². The Morgan fingerprint density at radius 1 is 1.25 bits per heavy atom. The zero-order valence-electron chi connectivity index (χ0n) is 14.7. The van der Waals surface area contributed by atoms with Crippen LogP contribution >= 0.6 is 34.5 Å². The van der Waals surface area contributed by atoms with E-state index in [1.807, 2.05) is 24.4 Å². The summed E-state index contributed by atoms with van der Waals surface area (Å²) >= 11 is 14.2. The Kier molecular flexibility index (Phi) is 4.23. The van der Waals surface area contributed by atoms with Crippen molar-refractivity contribution in [3.63, 3.8) is 0 Å². The van der Waals surface area contributed by atoms with E-state index in [1.54, 1.807) is 21.9 Å². The maximum Gasteiger partial charge on any atom is 0.177 e. The summed E-state index contributed by atoms with van der Waals surface area (Å²) in [7, 11) is 0. The molecule has 5 rings (SSSR count). The van der Waals surface area contributed by atoms with E-state index in [0.717, 1.165) is 33.8 Å². The minimum Gasteiger partial charge on any atom is -0.375 e. The summed E-state index contributed by atoms with van der Waals surface area (Å²) in [5, 5.41) is 10.9. The number of aromatic nitrogens is 5. The molecule has 0 saturated carbocycles. The second kappa shape index (κ2) is 6.77. The number of halogens is 2. The number of H-pyrrole nitrogens is 1. The smallest absolute Gasteiger partial charge is 0.177 e. The molecule has 0 unspecified atom stereocenters. The molecule has 2 N–H and O–H groups in total. The van der Waals surface area contributed by atoms with Gasteiger partial charge in [0.1, 0.15) is 11.3 Å². The largest absolute Gasteiger partial charge is 0.375 e. The van der Waals surface area contributed by atoms with Crippen LogP contribution in [0.2, 0.25) is 10.2 Å². The molecule has 0 amide bonds. The van der Waals surface area contributed by atoms with E-state index < -0.39 is 0 Å². The lowest BCUT2D eigenvalue weighted by Gasteiger charge is -2.07. The Balaban J connectivity index is 1.50. The van der Waals surface area contributed by atoms with Crippen LogP contribution in [0.25, 0.3) is 27.9 Å². The molecule has 0 spiro atoms. The first-order chi connectivity index (χ1) is 13.6. The number of benzene rings is 1. The van der Waals surface area contributed by atoms with Crippen LogP contribution in [0.1, 0.15) is 10.7 Å². The van der Waals surface area contributed by atoms with Gasteiger partial charge in [-0.15, -0.1) is 11.3 Å². The van der Waals surface area contributed by atoms with Crippen molar-refractivity contribution < 1.29 is 0 Å². The Morgan fingerprint density at radius 3 is 2.93 bits per heavy atom. The van der Waals surface area contributed by atoms with Crippen molar-refractivity contribution >= 4 is 56.9 Å². The molecule has 0 saturated heterocycles. The van der Waals surface area contributed by atoms with E-state index in [-0.39, 0.29) is 0 Å². The lowest BCUT2D eigenvalue weighted by atomic mass is 10.2. The van der Waals surface area contributed by atoms with Gasteiger partial charge in [0.05, 0.1) is 34.7 Å². The predicted molar refractivity (Wildman–Crippen MR) is 114 cm³/mol. The van der Waals surface area contributed by atoms with Gasteiger partial charge in [-0.3, -0.25) is 0 Å². The average Bonchev–Trinajstić information content (AvgIpc) is 3.37. The van der Waals surface area contributed by atoms with Gasteiger partial charge in [0, 0.05) is 21.9 Å². The molecular weight excluding hydrogens is 415 g/mol. The summed E-state index contributed by atoms with van der Waals surface area (Å²) in [6, 6.07) is 9.55. The van der Waals surface area contributed by atoms with Gasteiger partial charge in [-0.1, -0.05) is 29.3 Å². The number of fused-ring (bicyclic) bond motifs is 2. The first kappa shape index (κ1) is 17.5. The number of hydrogen-bond donors (Lipinski definition) is 2. The molecule has 9 heteroatoms. The fraction of sp³-hybridized carbons (Fsp3) is 0.105. The molecule has 4 aromatic heterocycles. The molecule has 1 aromatic carbocycles. The van der Waals surface area contributed by atoms with Crippen LogP contribution in [-0.2, 0) is 6.54 Å². The number of hydrogen-bond acceptors (Lipinski definition) is 5. The van der Waals surface area contributed by atoms with Gasteiger partial charge in [-0.05, 0) is 25.1 Å². The Hall–Kier alpha value is -2.61. The van der Waals surface area contributed by atoms with Crippen molar-refractivity contribution in [2.24, 2.45) is 0 Å². The maximum absolute atomic E-state index is 6.27. The number of aryl methyl sites for hydroxylation is 1. The highest BCUT2D eigenvalue weighted by molar-refractivity contribution is 7.10.